The average molecular weight is 309 g/mol. The third-order valence-corrected chi connectivity index (χ3v) is 4.65. The van der Waals surface area contributed by atoms with Gasteiger partial charge in [0.1, 0.15) is 0 Å². The Morgan fingerprint density at radius 2 is 2.38 bits per heavy atom. The molecule has 0 aromatic carbocycles. The molecule has 1 aliphatic heterocycles. The van der Waals surface area contributed by atoms with Gasteiger partial charge in [0, 0.05) is 45.8 Å². The van der Waals surface area contributed by atoms with Crippen molar-refractivity contribution < 1.29 is 0 Å². The fourth-order valence-electron chi connectivity index (χ4n) is 2.78. The van der Waals surface area contributed by atoms with Crippen molar-refractivity contribution in [2.24, 2.45) is 12.0 Å². The minimum absolute atomic E-state index is 0.578. The molecule has 1 aliphatic rings. The number of aryl methyl sites for hydroxylation is 1. The summed E-state index contributed by atoms with van der Waals surface area (Å²) < 4.78 is 1.89. The van der Waals surface area contributed by atoms with Crippen LogP contribution in [0.25, 0.3) is 0 Å². The number of aromatic nitrogens is 2. The van der Waals surface area contributed by atoms with Crippen molar-refractivity contribution in [1.29, 1.82) is 0 Å². The van der Waals surface area contributed by atoms with Gasteiger partial charge in [0.25, 0.3) is 0 Å². The smallest absolute Gasteiger partial charge is 0.193 e. The first-order valence-corrected chi connectivity index (χ1v) is 9.07. The van der Waals surface area contributed by atoms with E-state index in [9.17, 15) is 0 Å². The maximum atomic E-state index is 4.43. The summed E-state index contributed by atoms with van der Waals surface area (Å²) in [6.07, 6.45) is 9.94. The fraction of sp³-hybridized carbons (Fsp3) is 0.733. The van der Waals surface area contributed by atoms with Gasteiger partial charge in [0.05, 0.1) is 6.20 Å². The van der Waals surface area contributed by atoms with Crippen LogP contribution in [0.15, 0.2) is 17.4 Å². The van der Waals surface area contributed by atoms with E-state index in [1.807, 2.05) is 36.7 Å². The molecular weight excluding hydrogens is 282 g/mol. The van der Waals surface area contributed by atoms with Gasteiger partial charge in [-0.25, -0.2) is 0 Å². The molecular formula is C15H27N5S. The quantitative estimate of drug-likeness (QED) is 0.495. The second kappa shape index (κ2) is 8.32. The Kier molecular flexibility index (Phi) is 6.42. The van der Waals surface area contributed by atoms with Crippen molar-refractivity contribution in [2.75, 3.05) is 38.7 Å². The number of guanidine groups is 1. The van der Waals surface area contributed by atoms with E-state index >= 15 is 0 Å². The zero-order valence-corrected chi connectivity index (χ0v) is 14.2. The van der Waals surface area contributed by atoms with Crippen LogP contribution in [0.5, 0.6) is 0 Å². The molecule has 118 valence electrons. The summed E-state index contributed by atoms with van der Waals surface area (Å²) in [6.45, 7) is 3.13. The molecule has 1 atom stereocenters. The summed E-state index contributed by atoms with van der Waals surface area (Å²) in [5.74, 6) is 2.87. The van der Waals surface area contributed by atoms with Crippen LogP contribution >= 0.6 is 11.8 Å². The van der Waals surface area contributed by atoms with Crippen LogP contribution in [0.3, 0.4) is 0 Å². The molecule has 0 aliphatic carbocycles. The third-order valence-electron chi connectivity index (χ3n) is 3.95. The van der Waals surface area contributed by atoms with Crippen molar-refractivity contribution in [3.63, 3.8) is 0 Å². The van der Waals surface area contributed by atoms with Crippen molar-refractivity contribution in [3.8, 4) is 0 Å². The van der Waals surface area contributed by atoms with Crippen LogP contribution in [0.2, 0.25) is 0 Å². The summed E-state index contributed by atoms with van der Waals surface area (Å²) >= 11 is 1.92. The number of nitrogens with zero attached hydrogens (tertiary/aromatic N) is 4. The van der Waals surface area contributed by atoms with Crippen LogP contribution in [-0.4, -0.2) is 59.3 Å². The molecule has 1 N–H and O–H groups in total. The molecule has 0 bridgehead atoms. The molecule has 0 amide bonds. The monoisotopic (exact) mass is 309 g/mol. The minimum Gasteiger partial charge on any atom is -0.356 e. The molecule has 0 spiro atoms. The first-order valence-electron chi connectivity index (χ1n) is 7.67. The second-order valence-electron chi connectivity index (χ2n) is 5.55. The number of hydrogen-bond donors (Lipinski definition) is 1. The van der Waals surface area contributed by atoms with E-state index in [4.69, 9.17) is 0 Å². The van der Waals surface area contributed by atoms with Crippen LogP contribution in [0.4, 0.5) is 0 Å². The molecule has 5 nitrogen and oxygen atoms in total. The molecule has 1 unspecified atom stereocenters. The molecule has 0 radical (unpaired) electrons. The Hall–Kier alpha value is -1.17. The van der Waals surface area contributed by atoms with Gasteiger partial charge in [0.15, 0.2) is 5.96 Å². The Morgan fingerprint density at radius 1 is 1.52 bits per heavy atom. The lowest BCUT2D eigenvalue weighted by atomic mass is 10.0. The number of aliphatic imine (C=N–C) groups is 1. The number of hydrogen-bond acceptors (Lipinski definition) is 3. The zero-order valence-electron chi connectivity index (χ0n) is 13.4. The highest BCUT2D eigenvalue weighted by Crippen LogP contribution is 2.26. The zero-order chi connectivity index (χ0) is 15.1. The van der Waals surface area contributed by atoms with Crippen LogP contribution in [0, 0.1) is 0 Å². The Morgan fingerprint density at radius 3 is 3.05 bits per heavy atom. The minimum atomic E-state index is 0.578. The summed E-state index contributed by atoms with van der Waals surface area (Å²) in [7, 11) is 3.85. The molecule has 0 saturated carbocycles. The lowest BCUT2D eigenvalue weighted by Crippen LogP contribution is -2.40. The molecule has 1 saturated heterocycles. The van der Waals surface area contributed by atoms with Gasteiger partial charge in [-0.1, -0.05) is 0 Å². The lowest BCUT2D eigenvalue weighted by Gasteiger charge is -2.21. The maximum absolute atomic E-state index is 4.43. The molecule has 2 heterocycles. The largest absolute Gasteiger partial charge is 0.356 e. The predicted octanol–water partition coefficient (Wildman–Crippen LogP) is 1.93. The molecule has 2 rings (SSSR count). The molecule has 1 fully saturated rings. The molecule has 1 aromatic heterocycles. The average Bonchev–Trinajstić information content (AvgIpc) is 3.12. The normalized spacial score (nSPS) is 19.3. The van der Waals surface area contributed by atoms with Crippen molar-refractivity contribution in [1.82, 2.24) is 20.0 Å². The van der Waals surface area contributed by atoms with Crippen LogP contribution < -0.4 is 5.32 Å². The molecule has 6 heteroatoms. The van der Waals surface area contributed by atoms with Gasteiger partial charge in [-0.15, -0.1) is 0 Å². The van der Waals surface area contributed by atoms with Gasteiger partial charge < -0.3 is 10.2 Å². The van der Waals surface area contributed by atoms with Crippen molar-refractivity contribution >= 4 is 17.7 Å². The Balaban J connectivity index is 1.78. The topological polar surface area (TPSA) is 45.5 Å². The highest BCUT2D eigenvalue weighted by Gasteiger charge is 2.26. The van der Waals surface area contributed by atoms with Gasteiger partial charge in [-0.05, 0) is 36.8 Å². The van der Waals surface area contributed by atoms with Crippen molar-refractivity contribution in [3.05, 3.63) is 18.0 Å². The first-order chi connectivity index (χ1) is 10.2. The van der Waals surface area contributed by atoms with Crippen LogP contribution in [-0.2, 0) is 7.05 Å². The molecule has 21 heavy (non-hydrogen) atoms. The Bertz CT molecular complexity index is 457. The number of likely N-dealkylation sites (tertiary alicyclic amines) is 1. The highest BCUT2D eigenvalue weighted by molar-refractivity contribution is 7.98. The predicted molar refractivity (Wildman–Crippen MR) is 91.1 cm³/mol. The van der Waals surface area contributed by atoms with Gasteiger partial charge in [-0.3, -0.25) is 9.67 Å². The summed E-state index contributed by atoms with van der Waals surface area (Å²) in [5, 5.41) is 7.77. The molecule has 1 aromatic rings. The van der Waals surface area contributed by atoms with E-state index in [1.165, 1.54) is 30.6 Å². The van der Waals surface area contributed by atoms with E-state index in [0.29, 0.717) is 5.92 Å². The van der Waals surface area contributed by atoms with E-state index in [0.717, 1.165) is 25.6 Å². The summed E-state index contributed by atoms with van der Waals surface area (Å²) in [4.78, 5) is 6.79. The van der Waals surface area contributed by atoms with Gasteiger partial charge in [-0.2, -0.15) is 16.9 Å². The fourth-order valence-corrected chi connectivity index (χ4v) is 3.27. The second-order valence-corrected chi connectivity index (χ2v) is 6.54. The standard InChI is InChI=1S/C15H27N5S/c1-16-15(17-7-4-5-9-21-3)20-8-6-13(12-20)14-10-18-19(2)11-14/h10-11,13H,4-9,12H2,1-3H3,(H,16,17). The van der Waals surface area contributed by atoms with Gasteiger partial charge >= 0.3 is 0 Å². The van der Waals surface area contributed by atoms with E-state index in [2.05, 4.69) is 32.8 Å². The highest BCUT2D eigenvalue weighted by atomic mass is 32.2. The Labute approximate surface area is 132 Å². The number of nitrogens with one attached hydrogen (secondary N) is 1. The van der Waals surface area contributed by atoms with Crippen molar-refractivity contribution in [2.45, 2.75) is 25.2 Å². The van der Waals surface area contributed by atoms with E-state index in [1.54, 1.807) is 0 Å². The number of rotatable bonds is 6. The maximum Gasteiger partial charge on any atom is 0.193 e. The van der Waals surface area contributed by atoms with Gasteiger partial charge in [0.2, 0.25) is 0 Å². The van der Waals surface area contributed by atoms with Crippen LogP contribution in [0.1, 0.15) is 30.7 Å². The SMILES string of the molecule is CN=C(NCCCCSC)N1CCC(c2cnn(C)c2)C1. The number of thioether (sulfide) groups is 1. The van der Waals surface area contributed by atoms with E-state index in [-0.39, 0.29) is 0 Å². The number of unbranched alkanes of at least 4 members (excludes halogenated alkanes) is 1. The first kappa shape index (κ1) is 16.2. The van der Waals surface area contributed by atoms with E-state index < -0.39 is 0 Å². The lowest BCUT2D eigenvalue weighted by molar-refractivity contribution is 0.484. The summed E-state index contributed by atoms with van der Waals surface area (Å²) in [6, 6.07) is 0. The third kappa shape index (κ3) is 4.66. The summed E-state index contributed by atoms with van der Waals surface area (Å²) in [5.41, 5.74) is 1.34.